The molecule has 2 N–H and O–H groups in total. The SMILES string of the molecule is N#Cc1cc(C2=CC=N/C(=C/C=N)N2)cnc1F. The number of hydrogen-bond donors (Lipinski definition) is 2. The van der Waals surface area contributed by atoms with Crippen molar-refractivity contribution in [2.45, 2.75) is 0 Å². The van der Waals surface area contributed by atoms with Crippen molar-refractivity contribution in [3.63, 3.8) is 0 Å². The van der Waals surface area contributed by atoms with Crippen LogP contribution in [0.25, 0.3) is 5.70 Å². The molecule has 0 bridgehead atoms. The molecule has 0 saturated carbocycles. The van der Waals surface area contributed by atoms with Gasteiger partial charge in [0.05, 0.1) is 5.70 Å². The maximum Gasteiger partial charge on any atom is 0.230 e. The highest BCUT2D eigenvalue weighted by molar-refractivity contribution is 5.88. The minimum absolute atomic E-state index is 0.115. The minimum atomic E-state index is -0.790. The second-order valence-electron chi connectivity index (χ2n) is 3.38. The van der Waals surface area contributed by atoms with E-state index in [2.05, 4.69) is 15.3 Å². The Bertz CT molecular complexity index is 622. The van der Waals surface area contributed by atoms with Gasteiger partial charge in [0, 0.05) is 24.2 Å². The number of aliphatic imine (C=N–C) groups is 1. The average molecular weight is 241 g/mol. The van der Waals surface area contributed by atoms with Crippen molar-refractivity contribution in [1.29, 1.82) is 10.7 Å². The average Bonchev–Trinajstić information content (AvgIpc) is 2.40. The molecule has 0 aliphatic carbocycles. The number of nitrogens with zero attached hydrogens (tertiary/aromatic N) is 3. The first-order valence-electron chi connectivity index (χ1n) is 5.02. The van der Waals surface area contributed by atoms with Gasteiger partial charge in [0.15, 0.2) is 0 Å². The van der Waals surface area contributed by atoms with E-state index >= 15 is 0 Å². The molecule has 0 saturated heterocycles. The van der Waals surface area contributed by atoms with Crippen molar-refractivity contribution in [2.24, 2.45) is 4.99 Å². The van der Waals surface area contributed by atoms with Crippen LogP contribution in [0.2, 0.25) is 0 Å². The van der Waals surface area contributed by atoms with E-state index in [1.54, 1.807) is 18.4 Å². The maximum absolute atomic E-state index is 13.1. The Kier molecular flexibility index (Phi) is 3.25. The number of nitrogens with one attached hydrogen (secondary N) is 2. The van der Waals surface area contributed by atoms with Gasteiger partial charge in [0.2, 0.25) is 5.95 Å². The van der Waals surface area contributed by atoms with Crippen LogP contribution in [0.4, 0.5) is 4.39 Å². The number of nitriles is 1. The van der Waals surface area contributed by atoms with Crippen molar-refractivity contribution in [3.8, 4) is 6.07 Å². The highest BCUT2D eigenvalue weighted by Crippen LogP contribution is 2.17. The predicted octanol–water partition coefficient (Wildman–Crippen LogP) is 1.60. The summed E-state index contributed by atoms with van der Waals surface area (Å²) in [6.45, 7) is 0. The van der Waals surface area contributed by atoms with Gasteiger partial charge in [-0.3, -0.25) is 0 Å². The van der Waals surface area contributed by atoms with Crippen molar-refractivity contribution >= 4 is 18.1 Å². The quantitative estimate of drug-likeness (QED) is 0.609. The Morgan fingerprint density at radius 3 is 3.06 bits per heavy atom. The van der Waals surface area contributed by atoms with Crippen LogP contribution in [0.15, 0.2) is 35.2 Å². The molecular formula is C12H8FN5. The highest BCUT2D eigenvalue weighted by atomic mass is 19.1. The number of rotatable bonds is 2. The first kappa shape index (κ1) is 11.7. The zero-order valence-electron chi connectivity index (χ0n) is 9.18. The smallest absolute Gasteiger partial charge is 0.230 e. The summed E-state index contributed by atoms with van der Waals surface area (Å²) >= 11 is 0. The fourth-order valence-corrected chi connectivity index (χ4v) is 1.41. The third kappa shape index (κ3) is 2.30. The molecule has 1 aromatic rings. The molecule has 0 unspecified atom stereocenters. The van der Waals surface area contributed by atoms with Gasteiger partial charge >= 0.3 is 0 Å². The molecule has 0 fully saturated rings. The summed E-state index contributed by atoms with van der Waals surface area (Å²) in [5.74, 6) is -0.299. The monoisotopic (exact) mass is 241 g/mol. The molecule has 0 spiro atoms. The lowest BCUT2D eigenvalue weighted by atomic mass is 10.1. The largest absolute Gasteiger partial charge is 0.340 e. The molecule has 2 heterocycles. The fraction of sp³-hybridized carbons (Fsp3) is 0. The second kappa shape index (κ2) is 5.01. The van der Waals surface area contributed by atoms with E-state index in [9.17, 15) is 4.39 Å². The summed E-state index contributed by atoms with van der Waals surface area (Å²) in [6.07, 6.45) is 7.14. The van der Waals surface area contributed by atoms with E-state index in [-0.39, 0.29) is 5.56 Å². The van der Waals surface area contributed by atoms with E-state index in [0.29, 0.717) is 17.1 Å². The molecule has 0 atom stereocenters. The van der Waals surface area contributed by atoms with E-state index < -0.39 is 5.95 Å². The normalized spacial score (nSPS) is 15.8. The topological polar surface area (TPSA) is 84.9 Å². The van der Waals surface area contributed by atoms with Crippen molar-refractivity contribution in [1.82, 2.24) is 10.3 Å². The fourth-order valence-electron chi connectivity index (χ4n) is 1.41. The zero-order chi connectivity index (χ0) is 13.0. The molecule has 1 aliphatic rings. The lowest BCUT2D eigenvalue weighted by Crippen LogP contribution is -2.14. The van der Waals surface area contributed by atoms with E-state index in [1.165, 1.54) is 18.3 Å². The molecular weight excluding hydrogens is 233 g/mol. The summed E-state index contributed by atoms with van der Waals surface area (Å²) in [5.41, 5.74) is 1.10. The standard InChI is InChI=1S/C12H8FN5/c13-12-8(6-15)5-9(7-17-12)10-2-4-16-11(18-10)1-3-14/h1-5,7,14,18H/b11-1-,14-3?. The first-order valence-corrected chi connectivity index (χ1v) is 5.02. The van der Waals surface area contributed by atoms with Crippen LogP contribution in [-0.4, -0.2) is 17.4 Å². The number of pyridine rings is 1. The summed E-state index contributed by atoms with van der Waals surface area (Å²) in [5, 5.41) is 18.6. The first-order chi connectivity index (χ1) is 8.74. The Hall–Kier alpha value is -2.81. The van der Waals surface area contributed by atoms with Crippen LogP contribution < -0.4 is 5.32 Å². The number of hydrogen-bond acceptors (Lipinski definition) is 5. The number of halogens is 1. The van der Waals surface area contributed by atoms with E-state index in [0.717, 1.165) is 6.21 Å². The Morgan fingerprint density at radius 1 is 1.50 bits per heavy atom. The molecule has 0 amide bonds. The molecule has 5 nitrogen and oxygen atoms in total. The van der Waals surface area contributed by atoms with Crippen LogP contribution in [0, 0.1) is 22.7 Å². The summed E-state index contributed by atoms with van der Waals surface area (Å²) in [4.78, 5) is 7.51. The molecule has 1 aromatic heterocycles. The van der Waals surface area contributed by atoms with Gasteiger partial charge in [-0.25, -0.2) is 9.98 Å². The summed E-state index contributed by atoms with van der Waals surface area (Å²) in [7, 11) is 0. The van der Waals surface area contributed by atoms with Gasteiger partial charge in [-0.15, -0.1) is 0 Å². The lowest BCUT2D eigenvalue weighted by Gasteiger charge is -2.13. The predicted molar refractivity (Wildman–Crippen MR) is 65.4 cm³/mol. The van der Waals surface area contributed by atoms with Crippen molar-refractivity contribution in [3.05, 3.63) is 47.3 Å². The third-order valence-electron chi connectivity index (χ3n) is 2.23. The minimum Gasteiger partial charge on any atom is -0.340 e. The van der Waals surface area contributed by atoms with Gasteiger partial charge in [-0.2, -0.15) is 9.65 Å². The third-order valence-corrected chi connectivity index (χ3v) is 2.23. The van der Waals surface area contributed by atoms with Crippen molar-refractivity contribution in [2.75, 3.05) is 0 Å². The molecule has 88 valence electrons. The second-order valence-corrected chi connectivity index (χ2v) is 3.38. The van der Waals surface area contributed by atoms with Gasteiger partial charge in [-0.1, -0.05) is 0 Å². The lowest BCUT2D eigenvalue weighted by molar-refractivity contribution is 0.579. The molecule has 0 radical (unpaired) electrons. The van der Waals surface area contributed by atoms with Gasteiger partial charge in [-0.05, 0) is 18.2 Å². The van der Waals surface area contributed by atoms with Crippen LogP contribution >= 0.6 is 0 Å². The molecule has 18 heavy (non-hydrogen) atoms. The number of aromatic nitrogens is 1. The van der Waals surface area contributed by atoms with E-state index in [1.807, 2.05) is 0 Å². The van der Waals surface area contributed by atoms with Crippen molar-refractivity contribution < 1.29 is 4.39 Å². The number of allylic oxidation sites excluding steroid dienone is 2. The van der Waals surface area contributed by atoms with Crippen LogP contribution in [0.1, 0.15) is 11.1 Å². The van der Waals surface area contributed by atoms with Crippen LogP contribution in [-0.2, 0) is 0 Å². The zero-order valence-corrected chi connectivity index (χ0v) is 9.18. The van der Waals surface area contributed by atoms with E-state index in [4.69, 9.17) is 10.7 Å². The van der Waals surface area contributed by atoms with Crippen LogP contribution in [0.3, 0.4) is 0 Å². The molecule has 2 rings (SSSR count). The highest BCUT2D eigenvalue weighted by Gasteiger charge is 2.10. The Morgan fingerprint density at radius 2 is 2.33 bits per heavy atom. The molecule has 0 aromatic carbocycles. The van der Waals surface area contributed by atoms with Gasteiger partial charge in [0.25, 0.3) is 0 Å². The van der Waals surface area contributed by atoms with Gasteiger partial charge < -0.3 is 10.7 Å². The Balaban J connectivity index is 2.36. The van der Waals surface area contributed by atoms with Crippen LogP contribution in [0.5, 0.6) is 0 Å². The summed E-state index contributed by atoms with van der Waals surface area (Å²) in [6, 6.07) is 3.14. The summed E-state index contributed by atoms with van der Waals surface area (Å²) < 4.78 is 13.1. The Labute approximate surface area is 103 Å². The molecule has 6 heteroatoms. The van der Waals surface area contributed by atoms with Gasteiger partial charge in [0.1, 0.15) is 17.5 Å². The molecule has 1 aliphatic heterocycles. The maximum atomic E-state index is 13.1.